The molecule has 8 heteroatoms. The van der Waals surface area contributed by atoms with E-state index in [0.717, 1.165) is 22.7 Å². The predicted molar refractivity (Wildman–Crippen MR) is 109 cm³/mol. The van der Waals surface area contributed by atoms with Crippen LogP contribution in [0.4, 0.5) is 5.69 Å². The lowest BCUT2D eigenvalue weighted by atomic mass is 10.2. The maximum absolute atomic E-state index is 12.1. The summed E-state index contributed by atoms with van der Waals surface area (Å²) >= 11 is 7.75. The van der Waals surface area contributed by atoms with E-state index >= 15 is 0 Å². The highest BCUT2D eigenvalue weighted by molar-refractivity contribution is 7.11. The van der Waals surface area contributed by atoms with Crippen molar-refractivity contribution in [2.24, 2.45) is 4.99 Å². The first kappa shape index (κ1) is 20.2. The molecule has 0 radical (unpaired) electrons. The Morgan fingerprint density at radius 3 is 2.85 bits per heavy atom. The zero-order chi connectivity index (χ0) is 18.9. The first-order valence-corrected chi connectivity index (χ1v) is 9.66. The normalized spacial score (nSPS) is 11.3. The molecule has 0 atom stereocenters. The Labute approximate surface area is 163 Å². The number of hydrogen-bond donors (Lipinski definition) is 3. The van der Waals surface area contributed by atoms with Gasteiger partial charge in [0.15, 0.2) is 5.96 Å². The van der Waals surface area contributed by atoms with Crippen molar-refractivity contribution in [2.75, 3.05) is 18.9 Å². The Balaban J connectivity index is 1.74. The second-order valence-electron chi connectivity index (χ2n) is 5.64. The summed E-state index contributed by atoms with van der Waals surface area (Å²) < 4.78 is 0. The summed E-state index contributed by atoms with van der Waals surface area (Å²) in [5.74, 6) is 0.566. The van der Waals surface area contributed by atoms with Gasteiger partial charge < -0.3 is 16.0 Å². The number of amides is 1. The van der Waals surface area contributed by atoms with Crippen molar-refractivity contribution in [2.45, 2.75) is 33.2 Å². The van der Waals surface area contributed by atoms with Crippen molar-refractivity contribution in [3.05, 3.63) is 44.9 Å². The van der Waals surface area contributed by atoms with Crippen molar-refractivity contribution in [3.63, 3.8) is 0 Å². The third kappa shape index (κ3) is 6.00. The van der Waals surface area contributed by atoms with Gasteiger partial charge in [-0.1, -0.05) is 24.6 Å². The van der Waals surface area contributed by atoms with Crippen molar-refractivity contribution in [1.82, 2.24) is 15.6 Å². The second kappa shape index (κ2) is 10.1. The molecule has 0 aliphatic carbocycles. The molecule has 0 aliphatic heterocycles. The molecule has 0 aliphatic rings. The van der Waals surface area contributed by atoms with Gasteiger partial charge in [0.05, 0.1) is 6.54 Å². The summed E-state index contributed by atoms with van der Waals surface area (Å²) in [4.78, 5) is 21.9. The van der Waals surface area contributed by atoms with Gasteiger partial charge in [0.25, 0.3) is 0 Å². The third-order valence-corrected chi connectivity index (χ3v) is 5.32. The molecule has 0 fully saturated rings. The van der Waals surface area contributed by atoms with Crippen LogP contribution in [0, 0.1) is 6.92 Å². The van der Waals surface area contributed by atoms with E-state index < -0.39 is 0 Å². The number of hydrogen-bond acceptors (Lipinski definition) is 4. The van der Waals surface area contributed by atoms with Crippen molar-refractivity contribution >= 4 is 40.5 Å². The highest BCUT2D eigenvalue weighted by atomic mass is 35.5. The number of thiazole rings is 1. The van der Waals surface area contributed by atoms with Crippen LogP contribution >= 0.6 is 22.9 Å². The monoisotopic (exact) mass is 393 g/mol. The average Bonchev–Trinajstić information content (AvgIpc) is 3.10. The lowest BCUT2D eigenvalue weighted by Crippen LogP contribution is -2.38. The number of halogens is 1. The molecule has 1 aromatic carbocycles. The molecule has 1 amide bonds. The highest BCUT2D eigenvalue weighted by Crippen LogP contribution is 2.22. The minimum Gasteiger partial charge on any atom is -0.356 e. The fourth-order valence-electron chi connectivity index (χ4n) is 2.22. The molecule has 1 heterocycles. The quantitative estimate of drug-likeness (QED) is 0.498. The number of anilines is 1. The fourth-order valence-corrected chi connectivity index (χ4v) is 3.20. The van der Waals surface area contributed by atoms with Crippen LogP contribution in [0.3, 0.4) is 0 Å². The number of benzene rings is 1. The first-order valence-electron chi connectivity index (χ1n) is 8.46. The zero-order valence-corrected chi connectivity index (χ0v) is 16.8. The Hall–Kier alpha value is -2.12. The number of nitrogens with zero attached hydrogens (tertiary/aromatic N) is 2. The van der Waals surface area contributed by atoms with Gasteiger partial charge in [0.2, 0.25) is 5.91 Å². The van der Waals surface area contributed by atoms with Crippen molar-refractivity contribution in [3.8, 4) is 0 Å². The molecular weight excluding hydrogens is 370 g/mol. The van der Waals surface area contributed by atoms with Crippen LogP contribution in [0.5, 0.6) is 0 Å². The van der Waals surface area contributed by atoms with E-state index in [2.05, 4.69) is 32.9 Å². The van der Waals surface area contributed by atoms with Crippen LogP contribution in [0.25, 0.3) is 0 Å². The fraction of sp³-hybridized carbons (Fsp3) is 0.389. The minimum atomic E-state index is -0.0779. The number of aryl methyl sites for hydroxylation is 1. The van der Waals surface area contributed by atoms with Gasteiger partial charge in [-0.25, -0.2) is 4.98 Å². The molecule has 1 aromatic heterocycles. The van der Waals surface area contributed by atoms with Gasteiger partial charge in [-0.15, -0.1) is 11.3 Å². The molecule has 0 bridgehead atoms. The van der Waals surface area contributed by atoms with Gasteiger partial charge in [-0.2, -0.15) is 0 Å². The number of rotatable bonds is 7. The maximum Gasteiger partial charge on any atom is 0.226 e. The summed E-state index contributed by atoms with van der Waals surface area (Å²) in [5, 5.41) is 10.9. The Bertz CT molecular complexity index is 775. The van der Waals surface area contributed by atoms with E-state index in [0.29, 0.717) is 30.5 Å². The summed E-state index contributed by atoms with van der Waals surface area (Å²) in [7, 11) is 1.70. The Morgan fingerprint density at radius 1 is 1.35 bits per heavy atom. The minimum absolute atomic E-state index is 0.0779. The standard InChI is InChI=1S/C18H24ClN5OS/c1-4-13-10-22-17(26-13)11-23-18(20-3)21-9-8-16(25)24-15-7-5-6-14(19)12(15)2/h5-7,10H,4,8-9,11H2,1-3H3,(H,24,25)(H2,20,21,23). The van der Waals surface area contributed by atoms with E-state index in [1.165, 1.54) is 4.88 Å². The Morgan fingerprint density at radius 2 is 2.15 bits per heavy atom. The van der Waals surface area contributed by atoms with Gasteiger partial charge in [-0.3, -0.25) is 9.79 Å². The van der Waals surface area contributed by atoms with Crippen molar-refractivity contribution < 1.29 is 4.79 Å². The molecule has 3 N–H and O–H groups in total. The van der Waals surface area contributed by atoms with E-state index in [1.54, 1.807) is 24.5 Å². The number of guanidine groups is 1. The van der Waals surface area contributed by atoms with E-state index in [-0.39, 0.29) is 5.91 Å². The Kier molecular flexibility index (Phi) is 7.87. The molecule has 0 saturated carbocycles. The molecule has 6 nitrogen and oxygen atoms in total. The molecular formula is C18H24ClN5OS. The second-order valence-corrected chi connectivity index (χ2v) is 7.24. The molecule has 140 valence electrons. The summed E-state index contributed by atoms with van der Waals surface area (Å²) in [5.41, 5.74) is 1.60. The first-order chi connectivity index (χ1) is 12.5. The molecule has 2 aromatic rings. The van der Waals surface area contributed by atoms with E-state index in [9.17, 15) is 4.79 Å². The third-order valence-electron chi connectivity index (χ3n) is 3.77. The summed E-state index contributed by atoms with van der Waals surface area (Å²) in [6.07, 6.45) is 3.22. The maximum atomic E-state index is 12.1. The van der Waals surface area contributed by atoms with Gasteiger partial charge in [0.1, 0.15) is 5.01 Å². The highest BCUT2D eigenvalue weighted by Gasteiger charge is 2.07. The smallest absolute Gasteiger partial charge is 0.226 e. The van der Waals surface area contributed by atoms with Gasteiger partial charge in [-0.05, 0) is 31.0 Å². The molecule has 0 spiro atoms. The molecule has 26 heavy (non-hydrogen) atoms. The van der Waals surface area contributed by atoms with Crippen LogP contribution in [-0.2, 0) is 17.8 Å². The van der Waals surface area contributed by atoms with Crippen LogP contribution in [0.1, 0.15) is 28.8 Å². The molecule has 2 rings (SSSR count). The van der Waals surface area contributed by atoms with Crippen LogP contribution in [-0.4, -0.2) is 30.4 Å². The van der Waals surface area contributed by atoms with Gasteiger partial charge in [0, 0.05) is 41.8 Å². The summed E-state index contributed by atoms with van der Waals surface area (Å²) in [6, 6.07) is 5.46. The average molecular weight is 394 g/mol. The lowest BCUT2D eigenvalue weighted by molar-refractivity contribution is -0.116. The van der Waals surface area contributed by atoms with Crippen LogP contribution in [0.15, 0.2) is 29.4 Å². The van der Waals surface area contributed by atoms with Crippen molar-refractivity contribution in [1.29, 1.82) is 0 Å². The van der Waals surface area contributed by atoms with Crippen LogP contribution < -0.4 is 16.0 Å². The lowest BCUT2D eigenvalue weighted by Gasteiger charge is -2.12. The van der Waals surface area contributed by atoms with E-state index in [1.807, 2.05) is 25.3 Å². The number of carbonyl (C=O) groups is 1. The predicted octanol–water partition coefficient (Wildman–Crippen LogP) is 3.36. The molecule has 0 saturated heterocycles. The van der Waals surface area contributed by atoms with E-state index in [4.69, 9.17) is 11.6 Å². The number of aliphatic imine (C=N–C) groups is 1. The largest absolute Gasteiger partial charge is 0.356 e. The topological polar surface area (TPSA) is 78.4 Å². The van der Waals surface area contributed by atoms with Gasteiger partial charge >= 0.3 is 0 Å². The zero-order valence-electron chi connectivity index (χ0n) is 15.2. The molecule has 0 unspecified atom stereocenters. The van der Waals surface area contributed by atoms with Crippen LogP contribution in [0.2, 0.25) is 5.02 Å². The summed E-state index contributed by atoms with van der Waals surface area (Å²) in [6.45, 7) is 5.08. The number of nitrogens with one attached hydrogen (secondary N) is 3. The SMILES string of the molecule is CCc1cnc(CNC(=NC)NCCC(=O)Nc2cccc(Cl)c2C)s1. The number of carbonyl (C=O) groups excluding carboxylic acids is 1. The number of aromatic nitrogens is 1.